The monoisotopic (exact) mass is 410 g/mol. The van der Waals surface area contributed by atoms with Crippen LogP contribution >= 0.6 is 0 Å². The molecule has 4 aromatic rings. The first-order chi connectivity index (χ1) is 15.2. The summed E-state index contributed by atoms with van der Waals surface area (Å²) in [7, 11) is 1.57. The van der Waals surface area contributed by atoms with Gasteiger partial charge in [-0.15, -0.1) is 0 Å². The highest BCUT2D eigenvalue weighted by Gasteiger charge is 2.16. The maximum absolute atomic E-state index is 12.5. The van der Waals surface area contributed by atoms with Crippen molar-refractivity contribution in [3.05, 3.63) is 120 Å². The topological polar surface area (TPSA) is 60.5 Å². The number of nitrogens with one attached hydrogen (secondary N) is 1. The lowest BCUT2D eigenvalue weighted by molar-refractivity contribution is 0.102. The summed E-state index contributed by atoms with van der Waals surface area (Å²) in [6, 6.07) is 30.5. The molecule has 0 saturated carbocycles. The second-order valence-corrected chi connectivity index (χ2v) is 6.89. The van der Waals surface area contributed by atoms with Gasteiger partial charge in [0.1, 0.15) is 5.75 Å². The Bertz CT molecular complexity index is 1090. The van der Waals surface area contributed by atoms with E-state index < -0.39 is 0 Å². The molecule has 0 aliphatic rings. The summed E-state index contributed by atoms with van der Waals surface area (Å²) in [6.07, 6.45) is 1.30. The predicted octanol–water partition coefficient (Wildman–Crippen LogP) is 5.51. The van der Waals surface area contributed by atoms with Crippen LogP contribution < -0.4 is 14.8 Å². The first-order valence-electron chi connectivity index (χ1n) is 9.91. The Morgan fingerprint density at radius 1 is 0.839 bits per heavy atom. The Labute approximate surface area is 181 Å². The molecule has 154 valence electrons. The average molecular weight is 410 g/mol. The molecule has 1 heterocycles. The summed E-state index contributed by atoms with van der Waals surface area (Å²) >= 11 is 0. The summed E-state index contributed by atoms with van der Waals surface area (Å²) in [4.78, 5) is 16.9. The van der Waals surface area contributed by atoms with Crippen molar-refractivity contribution in [3.63, 3.8) is 0 Å². The van der Waals surface area contributed by atoms with Gasteiger partial charge < -0.3 is 14.8 Å². The molecule has 5 nitrogen and oxygen atoms in total. The molecule has 0 aliphatic carbocycles. The molecular weight excluding hydrogens is 388 g/mol. The molecule has 5 heteroatoms. The lowest BCUT2D eigenvalue weighted by Gasteiger charge is -2.19. The van der Waals surface area contributed by atoms with E-state index in [4.69, 9.17) is 9.47 Å². The van der Waals surface area contributed by atoms with E-state index in [9.17, 15) is 4.79 Å². The highest BCUT2D eigenvalue weighted by atomic mass is 16.5. The van der Waals surface area contributed by atoms with Crippen LogP contribution in [0.3, 0.4) is 0 Å². The maximum Gasteiger partial charge on any atom is 0.255 e. The highest BCUT2D eigenvalue weighted by Crippen LogP contribution is 2.28. The minimum absolute atomic E-state index is 0.235. The third-order valence-corrected chi connectivity index (χ3v) is 4.77. The van der Waals surface area contributed by atoms with Crippen LogP contribution in [-0.4, -0.2) is 18.0 Å². The van der Waals surface area contributed by atoms with Crippen molar-refractivity contribution in [1.29, 1.82) is 0 Å². The third kappa shape index (κ3) is 5.08. The second kappa shape index (κ2) is 9.59. The first-order valence-corrected chi connectivity index (χ1v) is 9.91. The van der Waals surface area contributed by atoms with E-state index in [1.54, 1.807) is 49.7 Å². The average Bonchev–Trinajstić information content (AvgIpc) is 2.84. The predicted molar refractivity (Wildman–Crippen MR) is 121 cm³/mol. The number of benzene rings is 3. The molecule has 0 spiro atoms. The van der Waals surface area contributed by atoms with Crippen LogP contribution in [0.2, 0.25) is 0 Å². The smallest absolute Gasteiger partial charge is 0.255 e. The molecule has 1 aromatic heterocycles. The fourth-order valence-electron chi connectivity index (χ4n) is 3.20. The number of hydrogen-bond acceptors (Lipinski definition) is 4. The molecule has 1 amide bonds. The van der Waals surface area contributed by atoms with Crippen LogP contribution in [0.15, 0.2) is 103 Å². The molecule has 0 fully saturated rings. The van der Waals surface area contributed by atoms with Crippen LogP contribution in [0.5, 0.6) is 11.6 Å². The molecule has 1 N–H and O–H groups in total. The standard InChI is InChI=1S/C26H22N2O3/c1-30-23-14-8-13-21(17-23)26(29)28-22-15-16-24(27-18-22)31-25(19-9-4-2-5-10-19)20-11-6-3-7-12-20/h2-18,25H,1H3,(H,28,29). The van der Waals surface area contributed by atoms with Gasteiger partial charge in [-0.05, 0) is 35.4 Å². The summed E-state index contributed by atoms with van der Waals surface area (Å²) in [5.74, 6) is 0.861. The normalized spacial score (nSPS) is 10.5. The van der Waals surface area contributed by atoms with Crippen molar-refractivity contribution >= 4 is 11.6 Å². The van der Waals surface area contributed by atoms with Crippen molar-refractivity contribution in [2.45, 2.75) is 6.10 Å². The minimum Gasteiger partial charge on any atom is -0.497 e. The lowest BCUT2D eigenvalue weighted by atomic mass is 10.0. The lowest BCUT2D eigenvalue weighted by Crippen LogP contribution is -2.13. The molecule has 0 unspecified atom stereocenters. The van der Waals surface area contributed by atoms with Gasteiger partial charge in [0.15, 0.2) is 6.10 Å². The Kier molecular flexibility index (Phi) is 6.24. The molecule has 0 atom stereocenters. The van der Waals surface area contributed by atoms with Gasteiger partial charge in [-0.2, -0.15) is 0 Å². The highest BCUT2D eigenvalue weighted by molar-refractivity contribution is 6.04. The fourth-order valence-corrected chi connectivity index (χ4v) is 3.20. The molecule has 0 bridgehead atoms. The van der Waals surface area contributed by atoms with Gasteiger partial charge in [-0.1, -0.05) is 66.7 Å². The zero-order valence-corrected chi connectivity index (χ0v) is 17.1. The number of aromatic nitrogens is 1. The molecule has 4 rings (SSSR count). The van der Waals surface area contributed by atoms with Crippen molar-refractivity contribution < 1.29 is 14.3 Å². The second-order valence-electron chi connectivity index (χ2n) is 6.89. The minimum atomic E-state index is -0.285. The Morgan fingerprint density at radius 3 is 2.10 bits per heavy atom. The van der Waals surface area contributed by atoms with Gasteiger partial charge in [0.25, 0.3) is 5.91 Å². The Hall–Kier alpha value is -4.12. The van der Waals surface area contributed by atoms with Gasteiger partial charge in [-0.3, -0.25) is 4.79 Å². The Morgan fingerprint density at radius 2 is 1.52 bits per heavy atom. The number of methoxy groups -OCH3 is 1. The zero-order valence-electron chi connectivity index (χ0n) is 17.1. The number of ether oxygens (including phenoxy) is 2. The maximum atomic E-state index is 12.5. The number of nitrogens with zero attached hydrogens (tertiary/aromatic N) is 1. The van der Waals surface area contributed by atoms with Crippen LogP contribution in [0.4, 0.5) is 5.69 Å². The largest absolute Gasteiger partial charge is 0.497 e. The van der Waals surface area contributed by atoms with E-state index >= 15 is 0 Å². The summed E-state index contributed by atoms with van der Waals surface area (Å²) in [5, 5.41) is 2.84. The number of pyridine rings is 1. The third-order valence-electron chi connectivity index (χ3n) is 4.77. The number of amides is 1. The van der Waals surface area contributed by atoms with Gasteiger partial charge in [0.2, 0.25) is 5.88 Å². The van der Waals surface area contributed by atoms with Crippen LogP contribution in [0, 0.1) is 0 Å². The van der Waals surface area contributed by atoms with Gasteiger partial charge in [0.05, 0.1) is 19.0 Å². The molecule has 0 radical (unpaired) electrons. The van der Waals surface area contributed by atoms with Crippen LogP contribution in [0.25, 0.3) is 0 Å². The van der Waals surface area contributed by atoms with E-state index in [0.29, 0.717) is 22.9 Å². The molecule has 0 aliphatic heterocycles. The number of carbonyl (C=O) groups is 1. The summed E-state index contributed by atoms with van der Waals surface area (Å²) in [6.45, 7) is 0. The first kappa shape index (κ1) is 20.2. The van der Waals surface area contributed by atoms with Crippen molar-refractivity contribution in [3.8, 4) is 11.6 Å². The number of hydrogen-bond donors (Lipinski definition) is 1. The number of anilines is 1. The van der Waals surface area contributed by atoms with E-state index in [-0.39, 0.29) is 12.0 Å². The van der Waals surface area contributed by atoms with Crippen LogP contribution in [0.1, 0.15) is 27.6 Å². The van der Waals surface area contributed by atoms with Gasteiger partial charge in [-0.25, -0.2) is 4.98 Å². The van der Waals surface area contributed by atoms with Crippen LogP contribution in [-0.2, 0) is 0 Å². The molecule has 0 saturated heterocycles. The number of carbonyl (C=O) groups excluding carboxylic acids is 1. The van der Waals surface area contributed by atoms with E-state index in [1.807, 2.05) is 60.7 Å². The van der Waals surface area contributed by atoms with Crippen molar-refractivity contribution in [2.75, 3.05) is 12.4 Å². The quantitative estimate of drug-likeness (QED) is 0.436. The molecule has 3 aromatic carbocycles. The SMILES string of the molecule is COc1cccc(C(=O)Nc2ccc(OC(c3ccccc3)c3ccccc3)nc2)c1. The summed E-state index contributed by atoms with van der Waals surface area (Å²) in [5.41, 5.74) is 3.15. The molecule has 31 heavy (non-hydrogen) atoms. The fraction of sp³-hybridized carbons (Fsp3) is 0.0769. The van der Waals surface area contributed by atoms with E-state index in [0.717, 1.165) is 11.1 Å². The number of rotatable bonds is 7. The van der Waals surface area contributed by atoms with E-state index in [2.05, 4.69) is 10.3 Å². The van der Waals surface area contributed by atoms with Gasteiger partial charge in [0, 0.05) is 11.6 Å². The summed E-state index contributed by atoms with van der Waals surface area (Å²) < 4.78 is 11.4. The van der Waals surface area contributed by atoms with E-state index in [1.165, 1.54) is 0 Å². The molecular formula is C26H22N2O3. The van der Waals surface area contributed by atoms with Gasteiger partial charge >= 0.3 is 0 Å². The zero-order chi connectivity index (χ0) is 21.5. The van der Waals surface area contributed by atoms with Crippen molar-refractivity contribution in [1.82, 2.24) is 4.98 Å². The van der Waals surface area contributed by atoms with Crippen molar-refractivity contribution in [2.24, 2.45) is 0 Å². The Balaban J connectivity index is 1.49.